The molecule has 0 aliphatic carbocycles. The highest BCUT2D eigenvalue weighted by Gasteiger charge is 2.61. The van der Waals surface area contributed by atoms with Crippen LogP contribution in [-0.4, -0.2) is 33.6 Å². The molecule has 4 unspecified atom stereocenters. The van der Waals surface area contributed by atoms with Crippen molar-refractivity contribution in [1.29, 1.82) is 5.26 Å². The minimum atomic E-state index is -0.613. The summed E-state index contributed by atoms with van der Waals surface area (Å²) in [6.45, 7) is 3.53. The number of carbonyl (C=O) groups is 3. The average Bonchev–Trinajstić information content (AvgIpc) is 3.16. The van der Waals surface area contributed by atoms with Crippen LogP contribution >= 0.6 is 0 Å². The first-order valence-electron chi connectivity index (χ1n) is 9.62. The predicted molar refractivity (Wildman–Crippen MR) is 105 cm³/mol. The first-order chi connectivity index (χ1) is 13.9. The maximum Gasteiger partial charge on any atom is 0.235 e. The highest BCUT2D eigenvalue weighted by atomic mass is 16.2. The Bertz CT molecular complexity index is 1010. The van der Waals surface area contributed by atoms with Crippen LogP contribution < -0.4 is 0 Å². The molecule has 6 nitrogen and oxygen atoms in total. The number of rotatable bonds is 3. The van der Waals surface area contributed by atoms with Gasteiger partial charge in [-0.15, -0.1) is 0 Å². The average molecular weight is 387 g/mol. The second-order valence-corrected chi connectivity index (χ2v) is 7.65. The van der Waals surface area contributed by atoms with Crippen molar-refractivity contribution in [2.24, 2.45) is 11.8 Å². The molecule has 2 aromatic rings. The standard InChI is InChI=1S/C23H21N3O3/c1-14-19-20(23(29)25(22(19)28)13-17-6-4-3-5-7-17)21(26(14)15(2)27)18-10-8-16(12-24)9-11-18/h3-11,14,19-21H,13H2,1-2H3. The summed E-state index contributed by atoms with van der Waals surface area (Å²) in [6.07, 6.45) is 0. The highest BCUT2D eigenvalue weighted by Crippen LogP contribution is 2.50. The van der Waals surface area contributed by atoms with Gasteiger partial charge in [0.1, 0.15) is 0 Å². The molecule has 4 rings (SSSR count). The van der Waals surface area contributed by atoms with E-state index in [1.807, 2.05) is 37.3 Å². The monoisotopic (exact) mass is 387 g/mol. The second-order valence-electron chi connectivity index (χ2n) is 7.65. The molecule has 0 saturated carbocycles. The molecule has 2 aliphatic heterocycles. The van der Waals surface area contributed by atoms with Gasteiger partial charge in [0, 0.05) is 13.0 Å². The topological polar surface area (TPSA) is 81.5 Å². The van der Waals surface area contributed by atoms with Gasteiger partial charge in [-0.2, -0.15) is 5.26 Å². The van der Waals surface area contributed by atoms with Crippen LogP contribution in [0.5, 0.6) is 0 Å². The Morgan fingerprint density at radius 2 is 1.62 bits per heavy atom. The Labute approximate surface area is 169 Å². The Morgan fingerprint density at radius 3 is 2.21 bits per heavy atom. The molecule has 29 heavy (non-hydrogen) atoms. The van der Waals surface area contributed by atoms with Crippen molar-refractivity contribution >= 4 is 17.7 Å². The third-order valence-electron chi connectivity index (χ3n) is 6.02. The van der Waals surface area contributed by atoms with Crippen LogP contribution in [0.25, 0.3) is 0 Å². The van der Waals surface area contributed by atoms with E-state index in [1.165, 1.54) is 11.8 Å². The largest absolute Gasteiger partial charge is 0.332 e. The summed E-state index contributed by atoms with van der Waals surface area (Å²) in [5, 5.41) is 9.06. The zero-order valence-corrected chi connectivity index (χ0v) is 16.3. The van der Waals surface area contributed by atoms with E-state index in [2.05, 4.69) is 6.07 Å². The van der Waals surface area contributed by atoms with Crippen LogP contribution in [-0.2, 0) is 20.9 Å². The number of nitrogens with zero attached hydrogens (tertiary/aromatic N) is 3. The van der Waals surface area contributed by atoms with Crippen molar-refractivity contribution in [3.8, 4) is 6.07 Å². The molecular weight excluding hydrogens is 366 g/mol. The third kappa shape index (κ3) is 2.99. The molecule has 3 amide bonds. The maximum absolute atomic E-state index is 13.3. The Balaban J connectivity index is 1.73. The summed E-state index contributed by atoms with van der Waals surface area (Å²) in [5.41, 5.74) is 2.16. The van der Waals surface area contributed by atoms with Gasteiger partial charge >= 0.3 is 0 Å². The van der Waals surface area contributed by atoms with E-state index in [1.54, 1.807) is 29.2 Å². The van der Waals surface area contributed by atoms with E-state index in [0.717, 1.165) is 11.1 Å². The van der Waals surface area contributed by atoms with Crippen LogP contribution in [0.3, 0.4) is 0 Å². The van der Waals surface area contributed by atoms with Crippen molar-refractivity contribution in [3.05, 3.63) is 71.3 Å². The predicted octanol–water partition coefficient (Wildman–Crippen LogP) is 2.65. The number of amides is 3. The molecule has 2 fully saturated rings. The molecule has 0 radical (unpaired) electrons. The van der Waals surface area contributed by atoms with Crippen molar-refractivity contribution in [2.45, 2.75) is 32.5 Å². The summed E-state index contributed by atoms with van der Waals surface area (Å²) in [5.74, 6) is -1.81. The molecule has 0 aromatic heterocycles. The molecule has 2 saturated heterocycles. The Morgan fingerprint density at radius 1 is 1.00 bits per heavy atom. The Kier molecular flexibility index (Phi) is 4.67. The van der Waals surface area contributed by atoms with Crippen LogP contribution in [0.2, 0.25) is 0 Å². The van der Waals surface area contributed by atoms with E-state index in [0.29, 0.717) is 5.56 Å². The van der Waals surface area contributed by atoms with Gasteiger partial charge in [-0.3, -0.25) is 19.3 Å². The van der Waals surface area contributed by atoms with Crippen LogP contribution in [0.15, 0.2) is 54.6 Å². The zero-order chi connectivity index (χ0) is 20.7. The van der Waals surface area contributed by atoms with Gasteiger partial charge in [0.2, 0.25) is 17.7 Å². The number of benzene rings is 2. The lowest BCUT2D eigenvalue weighted by Gasteiger charge is -2.31. The maximum atomic E-state index is 13.3. The number of fused-ring (bicyclic) bond motifs is 1. The summed E-state index contributed by atoms with van der Waals surface area (Å²) in [4.78, 5) is 41.9. The van der Waals surface area contributed by atoms with Crippen molar-refractivity contribution < 1.29 is 14.4 Å². The van der Waals surface area contributed by atoms with Crippen LogP contribution in [0.1, 0.15) is 36.6 Å². The molecule has 0 bridgehead atoms. The van der Waals surface area contributed by atoms with Gasteiger partial charge in [0.05, 0.1) is 36.1 Å². The van der Waals surface area contributed by atoms with E-state index in [-0.39, 0.29) is 30.3 Å². The highest BCUT2D eigenvalue weighted by molar-refractivity contribution is 6.07. The lowest BCUT2D eigenvalue weighted by molar-refractivity contribution is -0.143. The minimum absolute atomic E-state index is 0.170. The van der Waals surface area contributed by atoms with E-state index >= 15 is 0 Å². The molecule has 0 spiro atoms. The fourth-order valence-corrected chi connectivity index (χ4v) is 4.74. The van der Waals surface area contributed by atoms with Gasteiger partial charge in [-0.25, -0.2) is 0 Å². The minimum Gasteiger partial charge on any atom is -0.332 e. The molecule has 6 heteroatoms. The van der Waals surface area contributed by atoms with Gasteiger partial charge < -0.3 is 4.90 Å². The van der Waals surface area contributed by atoms with Crippen molar-refractivity contribution in [3.63, 3.8) is 0 Å². The lowest BCUT2D eigenvalue weighted by Crippen LogP contribution is -2.42. The number of likely N-dealkylation sites (tertiary alicyclic amines) is 2. The molecular formula is C23H21N3O3. The summed E-state index contributed by atoms with van der Waals surface area (Å²) < 4.78 is 0. The van der Waals surface area contributed by atoms with Gasteiger partial charge in [-0.1, -0.05) is 42.5 Å². The number of hydrogen-bond acceptors (Lipinski definition) is 4. The lowest BCUT2D eigenvalue weighted by atomic mass is 9.86. The quantitative estimate of drug-likeness (QED) is 0.758. The third-order valence-corrected chi connectivity index (χ3v) is 6.02. The number of hydrogen-bond donors (Lipinski definition) is 0. The summed E-state index contributed by atoms with van der Waals surface area (Å²) >= 11 is 0. The van der Waals surface area contributed by atoms with E-state index < -0.39 is 17.9 Å². The molecule has 4 atom stereocenters. The van der Waals surface area contributed by atoms with E-state index in [9.17, 15) is 14.4 Å². The zero-order valence-electron chi connectivity index (χ0n) is 16.3. The normalized spacial score (nSPS) is 25.8. The van der Waals surface area contributed by atoms with Crippen molar-refractivity contribution in [2.75, 3.05) is 0 Å². The number of carbonyl (C=O) groups excluding carboxylic acids is 3. The summed E-state index contributed by atoms with van der Waals surface area (Å²) in [6, 6.07) is 17.5. The number of imide groups is 1. The molecule has 2 heterocycles. The summed E-state index contributed by atoms with van der Waals surface area (Å²) in [7, 11) is 0. The van der Waals surface area contributed by atoms with Crippen LogP contribution in [0, 0.1) is 23.2 Å². The van der Waals surface area contributed by atoms with E-state index in [4.69, 9.17) is 5.26 Å². The number of nitriles is 1. The Hall–Kier alpha value is -3.46. The molecule has 2 aromatic carbocycles. The van der Waals surface area contributed by atoms with Gasteiger partial charge in [0.15, 0.2) is 0 Å². The second kappa shape index (κ2) is 7.17. The fraction of sp³-hybridized carbons (Fsp3) is 0.304. The van der Waals surface area contributed by atoms with Crippen LogP contribution in [0.4, 0.5) is 0 Å². The SMILES string of the molecule is CC(=O)N1C(C)C2C(=O)N(Cc3ccccc3)C(=O)C2C1c1ccc(C#N)cc1. The van der Waals surface area contributed by atoms with Crippen molar-refractivity contribution in [1.82, 2.24) is 9.80 Å². The van der Waals surface area contributed by atoms with Gasteiger partial charge in [-0.05, 0) is 30.2 Å². The first-order valence-corrected chi connectivity index (χ1v) is 9.62. The molecule has 0 N–H and O–H groups in total. The van der Waals surface area contributed by atoms with Gasteiger partial charge in [0.25, 0.3) is 0 Å². The molecule has 2 aliphatic rings. The fourth-order valence-electron chi connectivity index (χ4n) is 4.74. The smallest absolute Gasteiger partial charge is 0.235 e. The molecule has 146 valence electrons. The first kappa shape index (κ1) is 18.9.